The van der Waals surface area contributed by atoms with Gasteiger partial charge in [-0.3, -0.25) is 14.4 Å². The first-order valence-corrected chi connectivity index (χ1v) is 11.9. The lowest BCUT2D eigenvalue weighted by molar-refractivity contribution is 0.0698. The second-order valence-corrected chi connectivity index (χ2v) is 8.69. The molecular weight excluding hydrogens is 478 g/mol. The number of ketones is 2. The molecule has 11 nitrogen and oxygen atoms in total. The molecule has 1 aliphatic heterocycles. The summed E-state index contributed by atoms with van der Waals surface area (Å²) in [5.74, 6) is 0.856. The molecular formula is C26H25N5O6. The van der Waals surface area contributed by atoms with Crippen LogP contribution in [0.3, 0.4) is 0 Å². The van der Waals surface area contributed by atoms with E-state index in [0.717, 1.165) is 0 Å². The van der Waals surface area contributed by atoms with E-state index >= 15 is 0 Å². The maximum absolute atomic E-state index is 13.4. The Hall–Kier alpha value is -4.54. The third kappa shape index (κ3) is 4.80. The van der Waals surface area contributed by atoms with Gasteiger partial charge in [0.1, 0.15) is 12.4 Å². The molecule has 1 amide bonds. The van der Waals surface area contributed by atoms with Crippen LogP contribution in [0.5, 0.6) is 11.5 Å². The molecule has 0 radical (unpaired) electrons. The van der Waals surface area contributed by atoms with Crippen LogP contribution in [0, 0.1) is 0 Å². The lowest BCUT2D eigenvalue weighted by Crippen LogP contribution is -2.35. The average molecular weight is 504 g/mol. The molecule has 0 fully saturated rings. The maximum atomic E-state index is 13.4. The number of furan rings is 1. The van der Waals surface area contributed by atoms with Gasteiger partial charge in [-0.25, -0.2) is 0 Å². The van der Waals surface area contributed by atoms with Gasteiger partial charge in [-0.15, -0.1) is 10.2 Å². The number of carbonyl (C=O) groups is 3. The number of tetrazole rings is 1. The Morgan fingerprint density at radius 3 is 2.73 bits per heavy atom. The van der Waals surface area contributed by atoms with E-state index in [9.17, 15) is 14.4 Å². The van der Waals surface area contributed by atoms with E-state index in [1.54, 1.807) is 41.3 Å². The van der Waals surface area contributed by atoms with Crippen molar-refractivity contribution in [1.82, 2.24) is 25.5 Å². The van der Waals surface area contributed by atoms with Crippen molar-refractivity contribution in [1.29, 1.82) is 0 Å². The number of rotatable bonds is 4. The zero-order valence-electron chi connectivity index (χ0n) is 20.4. The molecule has 1 N–H and O–H groups in total. The molecule has 190 valence electrons. The highest BCUT2D eigenvalue weighted by Gasteiger charge is 2.24. The fraction of sp³-hybridized carbons (Fsp3) is 0.308. The van der Waals surface area contributed by atoms with Gasteiger partial charge in [0.15, 0.2) is 28.7 Å². The molecule has 0 spiro atoms. The van der Waals surface area contributed by atoms with Crippen LogP contribution in [0.15, 0.2) is 40.8 Å². The zero-order valence-corrected chi connectivity index (χ0v) is 20.4. The fourth-order valence-electron chi connectivity index (χ4n) is 4.43. The average Bonchev–Trinajstić information content (AvgIpc) is 3.59. The van der Waals surface area contributed by atoms with Crippen molar-refractivity contribution in [3.8, 4) is 22.9 Å². The number of ether oxygens (including phenoxy) is 2. The molecule has 0 atom stereocenters. The van der Waals surface area contributed by atoms with Gasteiger partial charge in [0, 0.05) is 29.5 Å². The van der Waals surface area contributed by atoms with Crippen LogP contribution < -0.4 is 9.47 Å². The summed E-state index contributed by atoms with van der Waals surface area (Å²) in [6, 6.07) is 10.1. The molecule has 0 aliphatic carbocycles. The number of Topliss-reactive ketones (excluding diaryl/α,β-unsaturated/α-hetero) is 2. The number of carbonyl (C=O) groups excluding carboxylic acids is 3. The summed E-state index contributed by atoms with van der Waals surface area (Å²) in [6.45, 7) is 2.35. The minimum Gasteiger partial charge on any atom is -0.493 e. The minimum atomic E-state index is -0.324. The Labute approximate surface area is 211 Å². The summed E-state index contributed by atoms with van der Waals surface area (Å²) in [7, 11) is 1.50. The number of aromatic amines is 1. The van der Waals surface area contributed by atoms with Crippen LogP contribution in [0.25, 0.3) is 22.4 Å². The molecule has 0 saturated carbocycles. The van der Waals surface area contributed by atoms with Gasteiger partial charge in [0.25, 0.3) is 5.91 Å². The predicted octanol–water partition coefficient (Wildman–Crippen LogP) is 3.71. The van der Waals surface area contributed by atoms with Crippen LogP contribution in [-0.4, -0.2) is 69.8 Å². The maximum Gasteiger partial charge on any atom is 0.289 e. The Morgan fingerprint density at radius 1 is 1.11 bits per heavy atom. The summed E-state index contributed by atoms with van der Waals surface area (Å²) in [6.07, 6.45) is 1.52. The topological polar surface area (TPSA) is 141 Å². The molecule has 11 heteroatoms. The monoisotopic (exact) mass is 503 g/mol. The first-order valence-electron chi connectivity index (χ1n) is 11.9. The standard InChI is InChI=1S/C26H25N5O6/c1-15(32)17-7-9-22(35-2)24-18(17)14-23(37-24)26(34)31-10-4-3-5-20(33)19-13-16(25-27-29-30-28-25)6-8-21(19)36-12-11-31/h6-9,13-14H,3-5,10-12H2,1-2H3,(H,27,28,29,30). The van der Waals surface area contributed by atoms with Crippen LogP contribution in [0.1, 0.15) is 57.5 Å². The second-order valence-electron chi connectivity index (χ2n) is 8.69. The van der Waals surface area contributed by atoms with Gasteiger partial charge < -0.3 is 18.8 Å². The number of amides is 1. The highest BCUT2D eigenvalue weighted by molar-refractivity contribution is 6.09. The fourth-order valence-corrected chi connectivity index (χ4v) is 4.43. The van der Waals surface area contributed by atoms with Gasteiger partial charge in [-0.1, -0.05) is 0 Å². The molecule has 0 unspecified atom stereocenters. The van der Waals surface area contributed by atoms with Crippen molar-refractivity contribution in [3.05, 3.63) is 53.3 Å². The number of nitrogens with one attached hydrogen (secondary N) is 1. The van der Waals surface area contributed by atoms with Gasteiger partial charge in [-0.05, 0) is 61.4 Å². The van der Waals surface area contributed by atoms with E-state index in [-0.39, 0.29) is 36.4 Å². The molecule has 0 bridgehead atoms. The highest BCUT2D eigenvalue weighted by atomic mass is 16.5. The zero-order chi connectivity index (χ0) is 25.9. The first-order chi connectivity index (χ1) is 18.0. The number of methoxy groups -OCH3 is 1. The number of nitrogens with zero attached hydrogens (tertiary/aromatic N) is 4. The van der Waals surface area contributed by atoms with Crippen molar-refractivity contribution in [3.63, 3.8) is 0 Å². The van der Waals surface area contributed by atoms with Crippen molar-refractivity contribution >= 4 is 28.4 Å². The summed E-state index contributed by atoms with van der Waals surface area (Å²) in [4.78, 5) is 40.2. The third-order valence-electron chi connectivity index (χ3n) is 6.33. The van der Waals surface area contributed by atoms with E-state index in [0.29, 0.717) is 70.8 Å². The largest absolute Gasteiger partial charge is 0.493 e. The summed E-state index contributed by atoms with van der Waals surface area (Å²) < 4.78 is 17.2. The van der Waals surface area contributed by atoms with Crippen LogP contribution in [0.4, 0.5) is 0 Å². The molecule has 4 aromatic rings. The molecule has 1 aliphatic rings. The molecule has 5 rings (SSSR count). The number of fused-ring (bicyclic) bond motifs is 2. The minimum absolute atomic E-state index is 0.0544. The van der Waals surface area contributed by atoms with E-state index in [2.05, 4.69) is 20.6 Å². The Bertz CT molecular complexity index is 1480. The molecule has 2 aromatic heterocycles. The van der Waals surface area contributed by atoms with Crippen LogP contribution in [-0.2, 0) is 0 Å². The summed E-state index contributed by atoms with van der Waals surface area (Å²) >= 11 is 0. The lowest BCUT2D eigenvalue weighted by Gasteiger charge is -2.21. The van der Waals surface area contributed by atoms with Crippen molar-refractivity contribution in [2.45, 2.75) is 26.2 Å². The predicted molar refractivity (Wildman–Crippen MR) is 132 cm³/mol. The highest BCUT2D eigenvalue weighted by Crippen LogP contribution is 2.33. The number of aromatic nitrogens is 4. The van der Waals surface area contributed by atoms with Crippen LogP contribution in [0.2, 0.25) is 0 Å². The van der Waals surface area contributed by atoms with Gasteiger partial charge >= 0.3 is 0 Å². The van der Waals surface area contributed by atoms with Crippen molar-refractivity contribution in [2.24, 2.45) is 0 Å². The third-order valence-corrected chi connectivity index (χ3v) is 6.33. The Morgan fingerprint density at radius 2 is 1.97 bits per heavy atom. The number of hydrogen-bond acceptors (Lipinski definition) is 9. The van der Waals surface area contributed by atoms with E-state index in [4.69, 9.17) is 13.9 Å². The van der Waals surface area contributed by atoms with E-state index in [1.807, 2.05) is 0 Å². The van der Waals surface area contributed by atoms with E-state index in [1.165, 1.54) is 14.0 Å². The molecule has 2 aromatic carbocycles. The van der Waals surface area contributed by atoms with Gasteiger partial charge in [0.2, 0.25) is 5.82 Å². The summed E-state index contributed by atoms with van der Waals surface area (Å²) in [5, 5.41) is 14.4. The molecule has 0 saturated heterocycles. The molecule has 37 heavy (non-hydrogen) atoms. The SMILES string of the molecule is COc1ccc(C(C)=O)c2cc(C(=O)N3CCCCC(=O)c4cc(-c5nn[nH]n5)ccc4OCC3)oc12. The van der Waals surface area contributed by atoms with Crippen molar-refractivity contribution < 1.29 is 28.3 Å². The van der Waals surface area contributed by atoms with E-state index < -0.39 is 0 Å². The normalized spacial score (nSPS) is 14.5. The Balaban J connectivity index is 1.39. The van der Waals surface area contributed by atoms with Gasteiger partial charge in [0.05, 0.1) is 19.2 Å². The summed E-state index contributed by atoms with van der Waals surface area (Å²) in [5.41, 5.74) is 1.91. The van der Waals surface area contributed by atoms with Gasteiger partial charge in [-0.2, -0.15) is 5.21 Å². The Kier molecular flexibility index (Phi) is 6.67. The quantitative estimate of drug-likeness (QED) is 0.413. The second kappa shape index (κ2) is 10.2. The van der Waals surface area contributed by atoms with Crippen LogP contribution >= 0.6 is 0 Å². The number of H-pyrrole nitrogens is 1. The lowest BCUT2D eigenvalue weighted by atomic mass is 10.0. The molecule has 3 heterocycles. The number of hydrogen-bond donors (Lipinski definition) is 1. The first kappa shape index (κ1) is 24.2. The van der Waals surface area contributed by atoms with Crippen molar-refractivity contribution in [2.75, 3.05) is 26.8 Å². The smallest absolute Gasteiger partial charge is 0.289 e. The number of benzene rings is 2.